The van der Waals surface area contributed by atoms with Crippen molar-refractivity contribution in [1.29, 1.82) is 0 Å². The fourth-order valence-corrected chi connectivity index (χ4v) is 3.16. The van der Waals surface area contributed by atoms with Crippen LogP contribution in [0.5, 0.6) is 0 Å². The summed E-state index contributed by atoms with van der Waals surface area (Å²) in [4.78, 5) is 17.8. The Morgan fingerprint density at radius 2 is 1.19 bits per heavy atom. The van der Waals surface area contributed by atoms with Crippen LogP contribution >= 0.6 is 7.82 Å². The van der Waals surface area contributed by atoms with Crippen LogP contribution in [-0.4, -0.2) is 15.9 Å². The number of hydrogen-bond acceptors (Lipinski definition) is 2. The minimum atomic E-state index is -4.34. The van der Waals surface area contributed by atoms with Gasteiger partial charge >= 0.3 is 7.82 Å². The van der Waals surface area contributed by atoms with Crippen LogP contribution < -0.4 is 0 Å². The molecule has 0 spiro atoms. The van der Waals surface area contributed by atoms with E-state index in [0.717, 1.165) is 38.5 Å². The van der Waals surface area contributed by atoms with Gasteiger partial charge in [0, 0.05) is 0 Å². The molecule has 0 fully saturated rings. The van der Waals surface area contributed by atoms with Crippen LogP contribution in [0.3, 0.4) is 0 Å². The molecule has 0 aliphatic carbocycles. The van der Waals surface area contributed by atoms with Crippen molar-refractivity contribution in [2.75, 3.05) is 0 Å². The van der Waals surface area contributed by atoms with Crippen LogP contribution in [-0.2, 0) is 9.09 Å². The summed E-state index contributed by atoms with van der Waals surface area (Å²) in [6.45, 7) is 4.31. The van der Waals surface area contributed by atoms with Crippen LogP contribution in [0.2, 0.25) is 0 Å². The van der Waals surface area contributed by atoms with Gasteiger partial charge in [-0.15, -0.1) is 0 Å². The molecule has 0 aromatic carbocycles. The molecule has 5 heteroatoms. The first-order chi connectivity index (χ1) is 9.99. The number of hydrogen-bond donors (Lipinski definition) is 2. The highest BCUT2D eigenvalue weighted by atomic mass is 31.2. The average Bonchev–Trinajstić information content (AvgIpc) is 2.41. The summed E-state index contributed by atoms with van der Waals surface area (Å²) in [5.74, 6) is 0. The van der Waals surface area contributed by atoms with E-state index in [1.165, 1.54) is 44.9 Å². The Balaban J connectivity index is 3.61. The second kappa shape index (κ2) is 13.8. The van der Waals surface area contributed by atoms with Crippen LogP contribution in [0.15, 0.2) is 0 Å². The second-order valence-electron chi connectivity index (χ2n) is 5.98. The fraction of sp³-hybridized carbons (Fsp3) is 1.00. The summed E-state index contributed by atoms with van der Waals surface area (Å²) in [6, 6.07) is 0. The minimum absolute atomic E-state index is 0.282. The van der Waals surface area contributed by atoms with Gasteiger partial charge in [-0.1, -0.05) is 84.5 Å². The lowest BCUT2D eigenvalue weighted by Crippen LogP contribution is -2.11. The van der Waals surface area contributed by atoms with Crippen molar-refractivity contribution in [2.24, 2.45) is 0 Å². The van der Waals surface area contributed by atoms with Gasteiger partial charge in [0.2, 0.25) is 0 Å². The molecule has 128 valence electrons. The molecule has 1 unspecified atom stereocenters. The molecule has 4 nitrogen and oxygen atoms in total. The first kappa shape index (κ1) is 21.1. The maximum absolute atomic E-state index is 10.9. The molecule has 0 aliphatic rings. The lowest BCUT2D eigenvalue weighted by atomic mass is 10.0. The second-order valence-corrected chi connectivity index (χ2v) is 7.17. The standard InChI is InChI=1S/C16H35O4P/c1-3-5-7-8-9-10-11-12-13-15-16(14-6-4-2)20-21(17,18)19/h16H,3-15H2,1-2H3,(H2,17,18,19). The first-order valence-electron chi connectivity index (χ1n) is 8.73. The zero-order valence-corrected chi connectivity index (χ0v) is 14.8. The summed E-state index contributed by atoms with van der Waals surface area (Å²) in [7, 11) is -4.34. The van der Waals surface area contributed by atoms with Gasteiger partial charge in [-0.2, -0.15) is 0 Å². The van der Waals surface area contributed by atoms with Gasteiger partial charge in [0.25, 0.3) is 0 Å². The Morgan fingerprint density at radius 3 is 1.67 bits per heavy atom. The Labute approximate surface area is 130 Å². The molecule has 0 saturated carbocycles. The maximum Gasteiger partial charge on any atom is 0.469 e. The molecule has 0 rings (SSSR count). The molecule has 21 heavy (non-hydrogen) atoms. The normalized spacial score (nSPS) is 13.5. The Morgan fingerprint density at radius 1 is 0.762 bits per heavy atom. The molecule has 0 aromatic rings. The molecule has 0 heterocycles. The van der Waals surface area contributed by atoms with Crippen molar-refractivity contribution in [3.8, 4) is 0 Å². The fourth-order valence-electron chi connectivity index (χ4n) is 2.56. The van der Waals surface area contributed by atoms with E-state index in [-0.39, 0.29) is 6.10 Å². The van der Waals surface area contributed by atoms with E-state index >= 15 is 0 Å². The molecule has 0 amide bonds. The van der Waals surface area contributed by atoms with E-state index in [0.29, 0.717) is 0 Å². The third-order valence-corrected chi connectivity index (χ3v) is 4.37. The van der Waals surface area contributed by atoms with Gasteiger partial charge in [0.1, 0.15) is 0 Å². The van der Waals surface area contributed by atoms with E-state index in [4.69, 9.17) is 14.3 Å². The molecule has 0 radical (unpaired) electrons. The quantitative estimate of drug-likeness (QED) is 0.305. The molecular formula is C16H35O4P. The minimum Gasteiger partial charge on any atom is -0.303 e. The first-order valence-corrected chi connectivity index (χ1v) is 10.3. The predicted molar refractivity (Wildman–Crippen MR) is 88.3 cm³/mol. The Bertz CT molecular complexity index is 265. The van der Waals surface area contributed by atoms with Crippen LogP contribution in [0.4, 0.5) is 0 Å². The predicted octanol–water partition coefficient (Wildman–Crippen LogP) is 5.58. The largest absolute Gasteiger partial charge is 0.469 e. The van der Waals surface area contributed by atoms with E-state index in [1.54, 1.807) is 0 Å². The third-order valence-electron chi connectivity index (χ3n) is 3.80. The van der Waals surface area contributed by atoms with Crippen molar-refractivity contribution in [2.45, 2.75) is 103 Å². The number of phosphoric acid groups is 1. The molecular weight excluding hydrogens is 287 g/mol. The van der Waals surface area contributed by atoms with Crippen LogP contribution in [0.1, 0.15) is 97.3 Å². The topological polar surface area (TPSA) is 66.8 Å². The van der Waals surface area contributed by atoms with Crippen molar-refractivity contribution in [3.63, 3.8) is 0 Å². The van der Waals surface area contributed by atoms with E-state index < -0.39 is 7.82 Å². The molecule has 2 N–H and O–H groups in total. The van der Waals surface area contributed by atoms with Gasteiger partial charge in [-0.3, -0.25) is 4.52 Å². The highest BCUT2D eigenvalue weighted by molar-refractivity contribution is 7.46. The SMILES string of the molecule is CCCCCCCCCCCC(CCCC)OP(=O)(O)O. The lowest BCUT2D eigenvalue weighted by Gasteiger charge is -2.17. The van der Waals surface area contributed by atoms with Crippen molar-refractivity contribution in [3.05, 3.63) is 0 Å². The number of phosphoric ester groups is 1. The van der Waals surface area contributed by atoms with Crippen molar-refractivity contribution < 1.29 is 18.9 Å². The van der Waals surface area contributed by atoms with Gasteiger partial charge in [0.05, 0.1) is 6.10 Å². The zero-order valence-electron chi connectivity index (χ0n) is 13.9. The molecule has 0 aromatic heterocycles. The van der Waals surface area contributed by atoms with Gasteiger partial charge < -0.3 is 9.79 Å². The summed E-state index contributed by atoms with van der Waals surface area (Å²) in [5, 5.41) is 0. The van der Waals surface area contributed by atoms with Crippen molar-refractivity contribution in [1.82, 2.24) is 0 Å². The summed E-state index contributed by atoms with van der Waals surface area (Å²) >= 11 is 0. The van der Waals surface area contributed by atoms with Crippen LogP contribution in [0, 0.1) is 0 Å². The van der Waals surface area contributed by atoms with E-state index in [2.05, 4.69) is 13.8 Å². The van der Waals surface area contributed by atoms with Gasteiger partial charge in [0.15, 0.2) is 0 Å². The average molecular weight is 322 g/mol. The highest BCUT2D eigenvalue weighted by Gasteiger charge is 2.21. The summed E-state index contributed by atoms with van der Waals surface area (Å²) < 4.78 is 15.8. The lowest BCUT2D eigenvalue weighted by molar-refractivity contribution is 0.116. The monoisotopic (exact) mass is 322 g/mol. The third kappa shape index (κ3) is 16.3. The molecule has 0 saturated heterocycles. The van der Waals surface area contributed by atoms with Gasteiger partial charge in [-0.25, -0.2) is 4.57 Å². The van der Waals surface area contributed by atoms with Crippen LogP contribution in [0.25, 0.3) is 0 Å². The zero-order chi connectivity index (χ0) is 16.0. The smallest absolute Gasteiger partial charge is 0.303 e. The summed E-state index contributed by atoms with van der Waals surface area (Å²) in [6.07, 6.45) is 14.5. The van der Waals surface area contributed by atoms with Gasteiger partial charge in [-0.05, 0) is 12.8 Å². The number of unbranched alkanes of at least 4 members (excludes halogenated alkanes) is 9. The molecule has 0 bridgehead atoms. The highest BCUT2D eigenvalue weighted by Crippen LogP contribution is 2.39. The van der Waals surface area contributed by atoms with E-state index in [1.807, 2.05) is 0 Å². The number of rotatable bonds is 15. The molecule has 0 aliphatic heterocycles. The Kier molecular flexibility index (Phi) is 13.8. The Hall–Kier alpha value is 0.110. The van der Waals surface area contributed by atoms with Crippen molar-refractivity contribution >= 4 is 7.82 Å². The maximum atomic E-state index is 10.9. The summed E-state index contributed by atoms with van der Waals surface area (Å²) in [5.41, 5.74) is 0. The molecule has 1 atom stereocenters. The van der Waals surface area contributed by atoms with E-state index in [9.17, 15) is 4.57 Å².